The number of methoxy groups -OCH3 is 1. The molecule has 1 aliphatic carbocycles. The van der Waals surface area contributed by atoms with Gasteiger partial charge in [0.25, 0.3) is 0 Å². The highest BCUT2D eigenvalue weighted by molar-refractivity contribution is 4.85. The molecule has 0 radical (unpaired) electrons. The first-order valence-electron chi connectivity index (χ1n) is 7.99. The van der Waals surface area contributed by atoms with Crippen molar-refractivity contribution in [2.75, 3.05) is 13.7 Å². The first kappa shape index (κ1) is 16.0. The quantitative estimate of drug-likeness (QED) is 0.708. The Morgan fingerprint density at radius 3 is 2.33 bits per heavy atom. The van der Waals surface area contributed by atoms with Crippen LogP contribution < -0.4 is 5.32 Å². The SMILES string of the molecule is CCNC(CC(C)CC)C(OC)C1CCCCC1. The van der Waals surface area contributed by atoms with Crippen LogP contribution in [0.3, 0.4) is 0 Å². The average molecular weight is 255 g/mol. The summed E-state index contributed by atoms with van der Waals surface area (Å²) in [6.07, 6.45) is 9.87. The third-order valence-electron chi connectivity index (χ3n) is 4.60. The second kappa shape index (κ2) is 8.92. The van der Waals surface area contributed by atoms with E-state index < -0.39 is 0 Å². The van der Waals surface area contributed by atoms with Crippen LogP contribution in [-0.2, 0) is 4.74 Å². The summed E-state index contributed by atoms with van der Waals surface area (Å²) in [6, 6.07) is 0.540. The van der Waals surface area contributed by atoms with Crippen molar-refractivity contribution in [1.29, 1.82) is 0 Å². The Balaban J connectivity index is 2.59. The molecule has 108 valence electrons. The number of ether oxygens (including phenoxy) is 1. The lowest BCUT2D eigenvalue weighted by molar-refractivity contribution is 0.00288. The summed E-state index contributed by atoms with van der Waals surface area (Å²) in [5, 5.41) is 3.67. The fourth-order valence-corrected chi connectivity index (χ4v) is 3.34. The monoisotopic (exact) mass is 255 g/mol. The Hall–Kier alpha value is -0.0800. The van der Waals surface area contributed by atoms with Crippen molar-refractivity contribution in [2.24, 2.45) is 11.8 Å². The van der Waals surface area contributed by atoms with E-state index in [4.69, 9.17) is 4.74 Å². The number of likely N-dealkylation sites (N-methyl/N-ethyl adjacent to an activating group) is 1. The van der Waals surface area contributed by atoms with Crippen LogP contribution in [0, 0.1) is 11.8 Å². The van der Waals surface area contributed by atoms with Crippen LogP contribution in [0.1, 0.15) is 65.7 Å². The molecular weight excluding hydrogens is 222 g/mol. The Labute approximate surface area is 114 Å². The van der Waals surface area contributed by atoms with Gasteiger partial charge in [0.2, 0.25) is 0 Å². The van der Waals surface area contributed by atoms with Gasteiger partial charge in [0.15, 0.2) is 0 Å². The molecule has 1 fully saturated rings. The molecule has 0 aromatic heterocycles. The van der Waals surface area contributed by atoms with E-state index in [1.807, 2.05) is 7.11 Å². The average Bonchev–Trinajstić information content (AvgIpc) is 2.41. The Morgan fingerprint density at radius 2 is 1.83 bits per heavy atom. The summed E-state index contributed by atoms with van der Waals surface area (Å²) in [5.41, 5.74) is 0. The molecular formula is C16H33NO. The van der Waals surface area contributed by atoms with Gasteiger partial charge >= 0.3 is 0 Å². The number of nitrogens with one attached hydrogen (secondary N) is 1. The van der Waals surface area contributed by atoms with E-state index in [0.717, 1.165) is 18.4 Å². The lowest BCUT2D eigenvalue weighted by Gasteiger charge is -2.36. The molecule has 3 atom stereocenters. The Kier molecular flexibility index (Phi) is 7.92. The third kappa shape index (κ3) is 4.89. The molecule has 1 aliphatic rings. The normalized spacial score (nSPS) is 22.7. The smallest absolute Gasteiger partial charge is 0.0752 e. The van der Waals surface area contributed by atoms with E-state index in [1.165, 1.54) is 44.9 Å². The van der Waals surface area contributed by atoms with Crippen molar-refractivity contribution in [3.05, 3.63) is 0 Å². The molecule has 2 heteroatoms. The molecule has 0 aromatic carbocycles. The van der Waals surface area contributed by atoms with E-state index in [9.17, 15) is 0 Å². The third-order valence-corrected chi connectivity index (χ3v) is 4.60. The second-order valence-electron chi connectivity index (χ2n) is 6.01. The minimum Gasteiger partial charge on any atom is -0.380 e. The zero-order valence-electron chi connectivity index (χ0n) is 12.9. The lowest BCUT2D eigenvalue weighted by Crippen LogP contribution is -2.46. The molecule has 0 aliphatic heterocycles. The highest BCUT2D eigenvalue weighted by atomic mass is 16.5. The summed E-state index contributed by atoms with van der Waals surface area (Å²) < 4.78 is 5.89. The maximum atomic E-state index is 5.89. The molecule has 1 N–H and O–H groups in total. The first-order chi connectivity index (χ1) is 8.72. The van der Waals surface area contributed by atoms with Crippen molar-refractivity contribution in [3.8, 4) is 0 Å². The first-order valence-corrected chi connectivity index (χ1v) is 7.99. The second-order valence-corrected chi connectivity index (χ2v) is 6.01. The molecule has 0 heterocycles. The molecule has 0 aromatic rings. The van der Waals surface area contributed by atoms with Gasteiger partial charge in [0.05, 0.1) is 6.10 Å². The molecule has 0 spiro atoms. The fraction of sp³-hybridized carbons (Fsp3) is 1.00. The highest BCUT2D eigenvalue weighted by Crippen LogP contribution is 2.31. The van der Waals surface area contributed by atoms with E-state index in [2.05, 4.69) is 26.1 Å². The van der Waals surface area contributed by atoms with Crippen molar-refractivity contribution < 1.29 is 4.74 Å². The molecule has 18 heavy (non-hydrogen) atoms. The van der Waals surface area contributed by atoms with E-state index in [1.54, 1.807) is 0 Å². The van der Waals surface area contributed by atoms with Gasteiger partial charge in [-0.2, -0.15) is 0 Å². The zero-order valence-corrected chi connectivity index (χ0v) is 12.9. The van der Waals surface area contributed by atoms with Gasteiger partial charge in [0, 0.05) is 13.2 Å². The van der Waals surface area contributed by atoms with Crippen LogP contribution in [0.5, 0.6) is 0 Å². The van der Waals surface area contributed by atoms with Crippen LogP contribution in [-0.4, -0.2) is 25.8 Å². The van der Waals surface area contributed by atoms with Crippen molar-refractivity contribution >= 4 is 0 Å². The summed E-state index contributed by atoms with van der Waals surface area (Å²) in [6.45, 7) is 7.90. The molecule has 2 nitrogen and oxygen atoms in total. The van der Waals surface area contributed by atoms with Crippen LogP contribution in [0.4, 0.5) is 0 Å². The predicted molar refractivity (Wildman–Crippen MR) is 78.9 cm³/mol. The van der Waals surface area contributed by atoms with Gasteiger partial charge in [-0.15, -0.1) is 0 Å². The number of rotatable bonds is 8. The standard InChI is InChI=1S/C16H33NO/c1-5-13(3)12-15(17-6-2)16(18-4)14-10-8-7-9-11-14/h13-17H,5-12H2,1-4H3. The highest BCUT2D eigenvalue weighted by Gasteiger charge is 2.30. The van der Waals surface area contributed by atoms with Gasteiger partial charge < -0.3 is 10.1 Å². The van der Waals surface area contributed by atoms with E-state index in [-0.39, 0.29) is 0 Å². The van der Waals surface area contributed by atoms with Gasteiger partial charge in [-0.3, -0.25) is 0 Å². The topological polar surface area (TPSA) is 21.3 Å². The van der Waals surface area contributed by atoms with Gasteiger partial charge in [-0.1, -0.05) is 46.5 Å². The molecule has 1 saturated carbocycles. The molecule has 0 saturated heterocycles. The summed E-state index contributed by atoms with van der Waals surface area (Å²) >= 11 is 0. The summed E-state index contributed by atoms with van der Waals surface area (Å²) in [5.74, 6) is 1.56. The van der Waals surface area contributed by atoms with E-state index >= 15 is 0 Å². The van der Waals surface area contributed by atoms with Crippen LogP contribution >= 0.6 is 0 Å². The minimum atomic E-state index is 0.416. The molecule has 3 unspecified atom stereocenters. The van der Waals surface area contributed by atoms with Crippen molar-refractivity contribution in [1.82, 2.24) is 5.32 Å². The zero-order chi connectivity index (χ0) is 13.4. The molecule has 0 bridgehead atoms. The van der Waals surface area contributed by atoms with Crippen molar-refractivity contribution in [3.63, 3.8) is 0 Å². The van der Waals surface area contributed by atoms with Crippen LogP contribution in [0.2, 0.25) is 0 Å². The lowest BCUT2D eigenvalue weighted by atomic mass is 9.80. The van der Waals surface area contributed by atoms with Crippen LogP contribution in [0.15, 0.2) is 0 Å². The Morgan fingerprint density at radius 1 is 1.17 bits per heavy atom. The molecule has 1 rings (SSSR count). The summed E-state index contributed by atoms with van der Waals surface area (Å²) in [7, 11) is 1.90. The maximum absolute atomic E-state index is 5.89. The van der Waals surface area contributed by atoms with Crippen molar-refractivity contribution in [2.45, 2.75) is 77.9 Å². The summed E-state index contributed by atoms with van der Waals surface area (Å²) in [4.78, 5) is 0. The van der Waals surface area contributed by atoms with Gasteiger partial charge in [-0.25, -0.2) is 0 Å². The largest absolute Gasteiger partial charge is 0.380 e. The fourth-order valence-electron chi connectivity index (χ4n) is 3.34. The van der Waals surface area contributed by atoms with Gasteiger partial charge in [-0.05, 0) is 37.6 Å². The van der Waals surface area contributed by atoms with E-state index in [0.29, 0.717) is 12.1 Å². The maximum Gasteiger partial charge on any atom is 0.0752 e. The Bertz CT molecular complexity index is 201. The van der Waals surface area contributed by atoms with Gasteiger partial charge in [0.1, 0.15) is 0 Å². The molecule has 0 amide bonds. The predicted octanol–water partition coefficient (Wildman–Crippen LogP) is 4.00. The van der Waals surface area contributed by atoms with Crippen LogP contribution in [0.25, 0.3) is 0 Å². The minimum absolute atomic E-state index is 0.416. The number of hydrogen-bond acceptors (Lipinski definition) is 2. The number of hydrogen-bond donors (Lipinski definition) is 1.